The van der Waals surface area contributed by atoms with E-state index in [9.17, 15) is 4.79 Å². The predicted octanol–water partition coefficient (Wildman–Crippen LogP) is 6.47. The number of carbonyl (C=O) groups is 1. The molecule has 8 heteroatoms. The van der Waals surface area contributed by atoms with Gasteiger partial charge in [-0.2, -0.15) is 4.98 Å². The summed E-state index contributed by atoms with van der Waals surface area (Å²) in [6, 6.07) is 23.4. The molecule has 5 rings (SSSR count). The molecule has 6 nitrogen and oxygen atoms in total. The van der Waals surface area contributed by atoms with Gasteiger partial charge in [0.1, 0.15) is 0 Å². The third-order valence-electron chi connectivity index (χ3n) is 6.88. The zero-order chi connectivity index (χ0) is 25.8. The SMILES string of the molecule is Cc1ccccc1C(NC(=O)C1CCN(Cc2nc(-c3ccc(Cl)cc3Cl)no2)CC1)c1ccccc1. The van der Waals surface area contributed by atoms with Crippen LogP contribution in [0.2, 0.25) is 10.0 Å². The van der Waals surface area contributed by atoms with Gasteiger partial charge in [0, 0.05) is 16.5 Å². The second-order valence-corrected chi connectivity index (χ2v) is 10.2. The molecule has 1 aliphatic rings. The minimum Gasteiger partial charge on any atom is -0.345 e. The topological polar surface area (TPSA) is 71.3 Å². The van der Waals surface area contributed by atoms with E-state index in [1.165, 1.54) is 0 Å². The average Bonchev–Trinajstić information content (AvgIpc) is 3.36. The summed E-state index contributed by atoms with van der Waals surface area (Å²) in [6.45, 7) is 4.16. The fourth-order valence-corrected chi connectivity index (χ4v) is 5.29. The number of hydrogen-bond acceptors (Lipinski definition) is 5. The lowest BCUT2D eigenvalue weighted by atomic mass is 9.92. The maximum Gasteiger partial charge on any atom is 0.241 e. The number of piperidine rings is 1. The molecule has 37 heavy (non-hydrogen) atoms. The summed E-state index contributed by atoms with van der Waals surface area (Å²) < 4.78 is 5.47. The number of likely N-dealkylation sites (tertiary alicyclic amines) is 1. The molecule has 0 spiro atoms. The van der Waals surface area contributed by atoms with Crippen molar-refractivity contribution >= 4 is 29.1 Å². The number of amides is 1. The molecule has 0 radical (unpaired) electrons. The third-order valence-corrected chi connectivity index (χ3v) is 7.42. The molecule has 0 aliphatic carbocycles. The summed E-state index contributed by atoms with van der Waals surface area (Å²) in [5, 5.41) is 8.45. The van der Waals surface area contributed by atoms with Crippen molar-refractivity contribution < 1.29 is 9.32 Å². The number of aryl methyl sites for hydroxylation is 1. The van der Waals surface area contributed by atoms with Gasteiger partial charge in [-0.25, -0.2) is 0 Å². The Balaban J connectivity index is 1.20. The average molecular weight is 535 g/mol. The van der Waals surface area contributed by atoms with Crippen LogP contribution in [-0.2, 0) is 11.3 Å². The van der Waals surface area contributed by atoms with Gasteiger partial charge < -0.3 is 9.84 Å². The van der Waals surface area contributed by atoms with E-state index < -0.39 is 0 Å². The van der Waals surface area contributed by atoms with Gasteiger partial charge in [-0.1, -0.05) is 83.0 Å². The van der Waals surface area contributed by atoms with Crippen LogP contribution in [0.1, 0.15) is 41.5 Å². The van der Waals surface area contributed by atoms with Crippen molar-refractivity contribution in [2.45, 2.75) is 32.4 Å². The first-order chi connectivity index (χ1) is 18.0. The second kappa shape index (κ2) is 11.5. The number of nitrogens with zero attached hydrogens (tertiary/aromatic N) is 3. The van der Waals surface area contributed by atoms with Crippen molar-refractivity contribution in [2.75, 3.05) is 13.1 Å². The normalized spacial score (nSPS) is 15.4. The maximum absolute atomic E-state index is 13.4. The van der Waals surface area contributed by atoms with E-state index >= 15 is 0 Å². The van der Waals surface area contributed by atoms with Gasteiger partial charge in [0.05, 0.1) is 17.6 Å². The van der Waals surface area contributed by atoms with Gasteiger partial charge in [0.2, 0.25) is 17.6 Å². The number of aromatic nitrogens is 2. The minimum atomic E-state index is -0.176. The standard InChI is InChI=1S/C29H28Cl2N4O2/c1-19-7-5-6-10-23(19)27(20-8-3-2-4-9-20)33-29(36)21-13-15-35(16-14-21)18-26-32-28(34-37-26)24-12-11-22(30)17-25(24)31/h2-12,17,21,27H,13-16,18H2,1H3,(H,33,36). The Bertz CT molecular complexity index is 1370. The highest BCUT2D eigenvalue weighted by atomic mass is 35.5. The molecule has 1 unspecified atom stereocenters. The lowest BCUT2D eigenvalue weighted by molar-refractivity contribution is -0.127. The van der Waals surface area contributed by atoms with Crippen molar-refractivity contribution in [3.8, 4) is 11.4 Å². The van der Waals surface area contributed by atoms with Crippen LogP contribution in [0.5, 0.6) is 0 Å². The lowest BCUT2D eigenvalue weighted by Gasteiger charge is -2.31. The van der Waals surface area contributed by atoms with Gasteiger partial charge in [0.15, 0.2) is 0 Å². The Hall–Kier alpha value is -3.19. The zero-order valence-corrected chi connectivity index (χ0v) is 22.0. The smallest absolute Gasteiger partial charge is 0.241 e. The molecule has 1 atom stereocenters. The van der Waals surface area contributed by atoms with Gasteiger partial charge in [-0.05, 0) is 67.7 Å². The number of benzene rings is 3. The van der Waals surface area contributed by atoms with E-state index in [4.69, 9.17) is 27.7 Å². The van der Waals surface area contributed by atoms with Crippen LogP contribution in [0.25, 0.3) is 11.4 Å². The molecule has 0 saturated carbocycles. The molecule has 1 amide bonds. The largest absolute Gasteiger partial charge is 0.345 e. The van der Waals surface area contributed by atoms with E-state index in [1.807, 2.05) is 30.3 Å². The van der Waals surface area contributed by atoms with E-state index in [-0.39, 0.29) is 17.9 Å². The summed E-state index contributed by atoms with van der Waals surface area (Å²) >= 11 is 12.3. The molecular weight excluding hydrogens is 507 g/mol. The number of carbonyl (C=O) groups excluding carboxylic acids is 1. The van der Waals surface area contributed by atoms with E-state index in [1.54, 1.807) is 18.2 Å². The first-order valence-electron chi connectivity index (χ1n) is 12.4. The van der Waals surface area contributed by atoms with Crippen LogP contribution in [-0.4, -0.2) is 34.0 Å². The number of hydrogen-bond donors (Lipinski definition) is 1. The van der Waals surface area contributed by atoms with Gasteiger partial charge >= 0.3 is 0 Å². The highest BCUT2D eigenvalue weighted by Gasteiger charge is 2.28. The Morgan fingerprint density at radius 1 is 1.05 bits per heavy atom. The van der Waals surface area contributed by atoms with E-state index in [2.05, 4.69) is 51.5 Å². The zero-order valence-electron chi connectivity index (χ0n) is 20.5. The Morgan fingerprint density at radius 3 is 2.51 bits per heavy atom. The fraction of sp³-hybridized carbons (Fsp3) is 0.276. The third kappa shape index (κ3) is 6.04. The second-order valence-electron chi connectivity index (χ2n) is 9.40. The summed E-state index contributed by atoms with van der Waals surface area (Å²) in [5.74, 6) is 1.01. The van der Waals surface area contributed by atoms with E-state index in [0.717, 1.165) is 42.6 Å². The number of rotatable bonds is 7. The lowest BCUT2D eigenvalue weighted by Crippen LogP contribution is -2.41. The minimum absolute atomic E-state index is 0.0439. The molecule has 4 aromatic rings. The summed E-state index contributed by atoms with van der Waals surface area (Å²) in [4.78, 5) is 20.1. The highest BCUT2D eigenvalue weighted by Crippen LogP contribution is 2.29. The van der Waals surface area contributed by atoms with Crippen LogP contribution < -0.4 is 5.32 Å². The summed E-state index contributed by atoms with van der Waals surface area (Å²) in [7, 11) is 0. The number of nitrogens with one attached hydrogen (secondary N) is 1. The molecule has 1 N–H and O–H groups in total. The van der Waals surface area contributed by atoms with Crippen molar-refractivity contribution in [3.05, 3.63) is 105 Å². The molecule has 1 aromatic heterocycles. The van der Waals surface area contributed by atoms with Crippen LogP contribution in [0.3, 0.4) is 0 Å². The summed E-state index contributed by atoms with van der Waals surface area (Å²) in [6.07, 6.45) is 1.54. The van der Waals surface area contributed by atoms with Crippen LogP contribution >= 0.6 is 23.2 Å². The van der Waals surface area contributed by atoms with Crippen molar-refractivity contribution in [2.24, 2.45) is 5.92 Å². The fourth-order valence-electron chi connectivity index (χ4n) is 4.80. The van der Waals surface area contributed by atoms with Gasteiger partial charge in [-0.3, -0.25) is 9.69 Å². The molecular formula is C29H28Cl2N4O2. The molecule has 1 fully saturated rings. The Labute approximate surface area is 226 Å². The molecule has 2 heterocycles. The number of halogens is 2. The Morgan fingerprint density at radius 2 is 1.78 bits per heavy atom. The van der Waals surface area contributed by atoms with Crippen molar-refractivity contribution in [1.29, 1.82) is 0 Å². The highest BCUT2D eigenvalue weighted by molar-refractivity contribution is 6.36. The predicted molar refractivity (Wildman–Crippen MR) is 145 cm³/mol. The molecule has 0 bridgehead atoms. The van der Waals surface area contributed by atoms with Crippen LogP contribution in [0.15, 0.2) is 77.3 Å². The van der Waals surface area contributed by atoms with Gasteiger partial charge in [0.25, 0.3) is 0 Å². The molecule has 190 valence electrons. The van der Waals surface area contributed by atoms with Crippen molar-refractivity contribution in [3.63, 3.8) is 0 Å². The van der Waals surface area contributed by atoms with E-state index in [0.29, 0.717) is 33.9 Å². The summed E-state index contributed by atoms with van der Waals surface area (Å²) in [5.41, 5.74) is 4.03. The first-order valence-corrected chi connectivity index (χ1v) is 13.1. The van der Waals surface area contributed by atoms with Crippen molar-refractivity contribution in [1.82, 2.24) is 20.4 Å². The monoisotopic (exact) mass is 534 g/mol. The van der Waals surface area contributed by atoms with Gasteiger partial charge in [-0.15, -0.1) is 0 Å². The molecule has 1 aliphatic heterocycles. The molecule has 3 aromatic carbocycles. The first kappa shape index (κ1) is 25.5. The molecule has 1 saturated heterocycles. The Kier molecular flexibility index (Phi) is 7.89. The maximum atomic E-state index is 13.4. The van der Waals surface area contributed by atoms with Crippen LogP contribution in [0, 0.1) is 12.8 Å². The quantitative estimate of drug-likeness (QED) is 0.294. The van der Waals surface area contributed by atoms with Crippen LogP contribution in [0.4, 0.5) is 0 Å².